The molecular formula is C12H23N4O3P. The average Bonchev–Trinajstić information content (AvgIpc) is 2.83. The topological polar surface area (TPSA) is 75.2 Å². The Morgan fingerprint density at radius 2 is 2.05 bits per heavy atom. The Morgan fingerprint density at radius 3 is 2.60 bits per heavy atom. The van der Waals surface area contributed by atoms with Crippen LogP contribution in [-0.2, 0) is 13.6 Å². The van der Waals surface area contributed by atoms with Gasteiger partial charge in [0, 0.05) is 46.0 Å². The van der Waals surface area contributed by atoms with E-state index in [1.807, 2.05) is 14.0 Å². The van der Waals surface area contributed by atoms with Gasteiger partial charge in [-0.1, -0.05) is 0 Å². The van der Waals surface area contributed by atoms with Crippen molar-refractivity contribution in [2.24, 2.45) is 4.99 Å². The van der Waals surface area contributed by atoms with Crippen molar-refractivity contribution in [2.75, 3.05) is 27.8 Å². The molecule has 2 atom stereocenters. The molecule has 0 saturated carbocycles. The molecular weight excluding hydrogens is 279 g/mol. The molecule has 0 spiro atoms. The van der Waals surface area contributed by atoms with Crippen LogP contribution in [0.5, 0.6) is 0 Å². The number of hydrogen-bond donors (Lipinski definition) is 2. The molecule has 0 aliphatic carbocycles. The Kier molecular flexibility index (Phi) is 4.54. The van der Waals surface area contributed by atoms with E-state index >= 15 is 0 Å². The Bertz CT molecular complexity index is 483. The summed E-state index contributed by atoms with van der Waals surface area (Å²) in [5.74, 6) is 0.987. The predicted octanol–water partition coefficient (Wildman–Crippen LogP) is 1.30. The van der Waals surface area contributed by atoms with Crippen molar-refractivity contribution in [2.45, 2.75) is 32.4 Å². The van der Waals surface area contributed by atoms with Crippen molar-refractivity contribution in [1.82, 2.24) is 15.3 Å². The third-order valence-electron chi connectivity index (χ3n) is 3.76. The quantitative estimate of drug-likeness (QED) is 0.746. The van der Waals surface area contributed by atoms with E-state index in [-0.39, 0.29) is 12.1 Å². The smallest absolute Gasteiger partial charge is 0.388 e. The van der Waals surface area contributed by atoms with Crippen LogP contribution in [0.3, 0.4) is 0 Å². The van der Waals surface area contributed by atoms with Crippen LogP contribution in [0.15, 0.2) is 16.4 Å². The molecule has 0 aromatic carbocycles. The molecule has 0 aromatic rings. The Labute approximate surface area is 120 Å². The fraction of sp³-hybridized carbons (Fsp3) is 0.750. The van der Waals surface area contributed by atoms with Crippen molar-refractivity contribution >= 4 is 13.6 Å². The molecule has 0 aromatic heterocycles. The summed E-state index contributed by atoms with van der Waals surface area (Å²) in [7, 11) is 1.46. The molecule has 2 aliphatic heterocycles. The molecule has 2 aliphatic rings. The second-order valence-electron chi connectivity index (χ2n) is 4.97. The highest BCUT2D eigenvalue weighted by Gasteiger charge is 2.37. The zero-order chi connectivity index (χ0) is 14.9. The molecule has 2 N–H and O–H groups in total. The van der Waals surface area contributed by atoms with Gasteiger partial charge in [-0.05, 0) is 13.8 Å². The molecule has 1 saturated heterocycles. The van der Waals surface area contributed by atoms with Crippen molar-refractivity contribution in [3.63, 3.8) is 0 Å². The summed E-state index contributed by atoms with van der Waals surface area (Å²) in [6.07, 6.45) is 0.768. The van der Waals surface area contributed by atoms with E-state index in [2.05, 4.69) is 27.2 Å². The summed E-state index contributed by atoms with van der Waals surface area (Å²) in [4.78, 5) is 6.76. The molecule has 2 rings (SSSR count). The summed E-state index contributed by atoms with van der Waals surface area (Å²) in [5.41, 5.74) is 2.31. The molecule has 114 valence electrons. The van der Waals surface area contributed by atoms with Gasteiger partial charge in [-0.3, -0.25) is 4.99 Å². The first-order valence-electron chi connectivity index (χ1n) is 6.66. The van der Waals surface area contributed by atoms with E-state index < -0.39 is 7.75 Å². The van der Waals surface area contributed by atoms with Gasteiger partial charge in [-0.15, -0.1) is 0 Å². The summed E-state index contributed by atoms with van der Waals surface area (Å²) < 4.78 is 22.1. The lowest BCUT2D eigenvalue weighted by Gasteiger charge is -2.30. The summed E-state index contributed by atoms with van der Waals surface area (Å²) in [5, 5.41) is 6.21. The molecule has 20 heavy (non-hydrogen) atoms. The zero-order valence-electron chi connectivity index (χ0n) is 12.6. The van der Waals surface area contributed by atoms with E-state index in [1.165, 1.54) is 19.9 Å². The molecule has 7 nitrogen and oxygen atoms in total. The number of nitrogens with zero attached hydrogens (tertiary/aromatic N) is 2. The predicted molar refractivity (Wildman–Crippen MR) is 78.5 cm³/mol. The fourth-order valence-corrected chi connectivity index (χ4v) is 3.80. The van der Waals surface area contributed by atoms with Crippen LogP contribution in [0.4, 0.5) is 0 Å². The fourth-order valence-electron chi connectivity index (χ4n) is 2.82. The number of likely N-dealkylation sites (N-methyl/N-ethyl adjacent to an activating group) is 1. The van der Waals surface area contributed by atoms with Gasteiger partial charge in [0.05, 0.1) is 11.7 Å². The Morgan fingerprint density at radius 1 is 1.40 bits per heavy atom. The SMILES string of the molecule is CNC1=C2CC(NP(=O)(OC)OC)CN2C(C)=NC1C. The number of fused-ring (bicyclic) bond motifs is 1. The van der Waals surface area contributed by atoms with E-state index in [4.69, 9.17) is 9.05 Å². The van der Waals surface area contributed by atoms with Gasteiger partial charge in [0.15, 0.2) is 0 Å². The highest BCUT2D eigenvalue weighted by molar-refractivity contribution is 7.51. The summed E-state index contributed by atoms with van der Waals surface area (Å²) >= 11 is 0. The third-order valence-corrected chi connectivity index (χ3v) is 5.40. The maximum atomic E-state index is 12.2. The first-order chi connectivity index (χ1) is 9.44. The van der Waals surface area contributed by atoms with Crippen LogP contribution < -0.4 is 10.4 Å². The number of rotatable bonds is 5. The molecule has 1 fully saturated rings. The second-order valence-corrected chi connectivity index (χ2v) is 6.95. The number of nitrogens with one attached hydrogen (secondary N) is 2. The molecule has 0 radical (unpaired) electrons. The minimum absolute atomic E-state index is 0.00883. The van der Waals surface area contributed by atoms with E-state index in [9.17, 15) is 4.57 Å². The molecule has 0 amide bonds. The lowest BCUT2D eigenvalue weighted by atomic mass is 10.1. The largest absolute Gasteiger partial charge is 0.405 e. The van der Waals surface area contributed by atoms with Crippen molar-refractivity contribution in [3.05, 3.63) is 11.4 Å². The lowest BCUT2D eigenvalue weighted by molar-refractivity contribution is 0.259. The number of hydrogen-bond acceptors (Lipinski definition) is 6. The normalized spacial score (nSPS) is 26.6. The van der Waals surface area contributed by atoms with Crippen LogP contribution in [0.2, 0.25) is 0 Å². The van der Waals surface area contributed by atoms with Crippen LogP contribution >= 0.6 is 7.75 Å². The van der Waals surface area contributed by atoms with Crippen LogP contribution in [0.1, 0.15) is 20.3 Å². The maximum Gasteiger partial charge on any atom is 0.405 e. The van der Waals surface area contributed by atoms with Gasteiger partial charge in [0.1, 0.15) is 5.84 Å². The van der Waals surface area contributed by atoms with Gasteiger partial charge < -0.3 is 19.3 Å². The van der Waals surface area contributed by atoms with Crippen LogP contribution in [0, 0.1) is 0 Å². The van der Waals surface area contributed by atoms with Crippen molar-refractivity contribution < 1.29 is 13.6 Å². The highest BCUT2D eigenvalue weighted by atomic mass is 31.2. The maximum absolute atomic E-state index is 12.2. The van der Waals surface area contributed by atoms with Gasteiger partial charge in [0.2, 0.25) is 0 Å². The number of amidine groups is 1. The molecule has 2 heterocycles. The Balaban J connectivity index is 2.19. The zero-order valence-corrected chi connectivity index (χ0v) is 13.5. The summed E-state index contributed by atoms with van der Waals surface area (Å²) in [6, 6.07) is 0.135. The van der Waals surface area contributed by atoms with Gasteiger partial charge >= 0.3 is 7.75 Å². The van der Waals surface area contributed by atoms with E-state index in [0.717, 1.165) is 18.0 Å². The van der Waals surface area contributed by atoms with Gasteiger partial charge in [-0.25, -0.2) is 9.65 Å². The average molecular weight is 302 g/mol. The van der Waals surface area contributed by atoms with Gasteiger partial charge in [0.25, 0.3) is 0 Å². The van der Waals surface area contributed by atoms with Crippen LogP contribution in [0.25, 0.3) is 0 Å². The van der Waals surface area contributed by atoms with Crippen molar-refractivity contribution in [1.29, 1.82) is 0 Å². The molecule has 2 unspecified atom stereocenters. The minimum Gasteiger partial charge on any atom is -0.388 e. The molecule has 8 heteroatoms. The Hall–Kier alpha value is -0.880. The van der Waals surface area contributed by atoms with E-state index in [0.29, 0.717) is 6.54 Å². The van der Waals surface area contributed by atoms with Gasteiger partial charge in [-0.2, -0.15) is 0 Å². The molecule has 0 bridgehead atoms. The second kappa shape index (κ2) is 5.85. The van der Waals surface area contributed by atoms with E-state index in [1.54, 1.807) is 0 Å². The lowest BCUT2D eigenvalue weighted by Crippen LogP contribution is -2.37. The monoisotopic (exact) mass is 302 g/mol. The highest BCUT2D eigenvalue weighted by Crippen LogP contribution is 2.44. The standard InChI is InChI=1S/C12H23N4O3P/c1-8-12(13-3)11-6-10(7-16(11)9(2)14-8)15-20(17,18-4)19-5/h8,10,13H,6-7H2,1-5H3,(H,15,17). The van der Waals surface area contributed by atoms with Crippen LogP contribution in [-0.4, -0.2) is 50.6 Å². The summed E-state index contributed by atoms with van der Waals surface area (Å²) in [6.45, 7) is 4.77. The number of aliphatic imine (C=N–C) groups is 1. The third kappa shape index (κ3) is 2.76. The first kappa shape index (κ1) is 15.5. The minimum atomic E-state index is -3.21. The first-order valence-corrected chi connectivity index (χ1v) is 8.20. The van der Waals surface area contributed by atoms with Crippen molar-refractivity contribution in [3.8, 4) is 0 Å².